The standard InChI is InChI=1S/C8H12N2OS.C2H6/c1-10-12(11)6-7-3-2-4-8(9)5-7;1-2/h2-5,10H,6,9H2,1H3;1-2H3. The van der Waals surface area contributed by atoms with Gasteiger partial charge in [0.2, 0.25) is 0 Å². The van der Waals surface area contributed by atoms with Crippen LogP contribution in [-0.2, 0) is 16.7 Å². The van der Waals surface area contributed by atoms with Crippen LogP contribution in [0.3, 0.4) is 0 Å². The first-order valence-electron chi connectivity index (χ1n) is 4.62. The van der Waals surface area contributed by atoms with Gasteiger partial charge in [0, 0.05) is 5.69 Å². The van der Waals surface area contributed by atoms with Crippen LogP contribution in [0, 0.1) is 0 Å². The van der Waals surface area contributed by atoms with Gasteiger partial charge in [-0.1, -0.05) is 26.0 Å². The summed E-state index contributed by atoms with van der Waals surface area (Å²) in [7, 11) is 0.677. The molecule has 0 aliphatic rings. The minimum absolute atomic E-state index is 0.502. The van der Waals surface area contributed by atoms with Gasteiger partial charge in [-0.25, -0.2) is 8.93 Å². The number of hydrogen-bond acceptors (Lipinski definition) is 2. The van der Waals surface area contributed by atoms with E-state index in [1.165, 1.54) is 0 Å². The predicted molar refractivity (Wildman–Crippen MR) is 63.1 cm³/mol. The fourth-order valence-electron chi connectivity index (χ4n) is 0.906. The molecule has 1 aromatic carbocycles. The summed E-state index contributed by atoms with van der Waals surface area (Å²) in [6, 6.07) is 7.41. The molecule has 0 heterocycles. The van der Waals surface area contributed by atoms with E-state index in [-0.39, 0.29) is 0 Å². The number of benzene rings is 1. The van der Waals surface area contributed by atoms with Crippen molar-refractivity contribution in [1.82, 2.24) is 4.72 Å². The van der Waals surface area contributed by atoms with Gasteiger partial charge < -0.3 is 5.73 Å². The van der Waals surface area contributed by atoms with E-state index >= 15 is 0 Å². The molecule has 3 nitrogen and oxygen atoms in total. The molecule has 14 heavy (non-hydrogen) atoms. The Kier molecular flexibility index (Phi) is 7.06. The molecule has 0 spiro atoms. The Balaban J connectivity index is 0.000000791. The summed E-state index contributed by atoms with van der Waals surface area (Å²) in [6.07, 6.45) is 0. The van der Waals surface area contributed by atoms with E-state index in [1.807, 2.05) is 38.1 Å². The Bertz CT molecular complexity index is 289. The molecule has 0 bridgehead atoms. The zero-order valence-electron chi connectivity index (χ0n) is 8.91. The molecule has 0 aliphatic carbocycles. The maximum atomic E-state index is 11.1. The van der Waals surface area contributed by atoms with E-state index in [1.54, 1.807) is 7.05 Å². The van der Waals surface area contributed by atoms with Crippen LogP contribution in [0.2, 0.25) is 0 Å². The van der Waals surface area contributed by atoms with Crippen LogP contribution in [0.1, 0.15) is 19.4 Å². The van der Waals surface area contributed by atoms with Crippen molar-refractivity contribution in [2.24, 2.45) is 0 Å². The highest BCUT2D eigenvalue weighted by molar-refractivity contribution is 7.82. The normalized spacial score (nSPS) is 11.4. The maximum Gasteiger partial charge on any atom is 0.0957 e. The van der Waals surface area contributed by atoms with Crippen LogP contribution in [0.5, 0.6) is 0 Å². The summed E-state index contributed by atoms with van der Waals surface area (Å²) in [4.78, 5) is 0. The van der Waals surface area contributed by atoms with Gasteiger partial charge in [0.05, 0.1) is 16.7 Å². The fourth-order valence-corrected chi connectivity index (χ4v) is 1.53. The van der Waals surface area contributed by atoms with Gasteiger partial charge in [-0.2, -0.15) is 0 Å². The molecular formula is C10H18N2OS. The van der Waals surface area contributed by atoms with Crippen molar-refractivity contribution < 1.29 is 4.21 Å². The molecule has 1 atom stereocenters. The number of rotatable bonds is 3. The molecule has 3 N–H and O–H groups in total. The second kappa shape index (κ2) is 7.53. The second-order valence-corrected chi connectivity index (χ2v) is 3.83. The van der Waals surface area contributed by atoms with Crippen molar-refractivity contribution in [2.45, 2.75) is 19.6 Å². The first kappa shape index (κ1) is 13.1. The van der Waals surface area contributed by atoms with E-state index in [2.05, 4.69) is 4.72 Å². The van der Waals surface area contributed by atoms with Gasteiger partial charge in [0.1, 0.15) is 0 Å². The summed E-state index contributed by atoms with van der Waals surface area (Å²) in [5.41, 5.74) is 7.25. The van der Waals surface area contributed by atoms with Crippen molar-refractivity contribution >= 4 is 16.7 Å². The molecule has 0 saturated heterocycles. The third-order valence-electron chi connectivity index (χ3n) is 1.48. The Hall–Kier alpha value is -0.870. The molecule has 0 fully saturated rings. The van der Waals surface area contributed by atoms with E-state index in [4.69, 9.17) is 5.73 Å². The number of nitrogens with one attached hydrogen (secondary N) is 1. The second-order valence-electron chi connectivity index (χ2n) is 2.44. The maximum absolute atomic E-state index is 11.1. The molecule has 0 saturated carbocycles. The SMILES string of the molecule is CC.CNS(=O)Cc1cccc(N)c1. The minimum atomic E-state index is -0.992. The van der Waals surface area contributed by atoms with E-state index in [0.717, 1.165) is 5.56 Å². The van der Waals surface area contributed by atoms with Gasteiger partial charge in [-0.05, 0) is 24.7 Å². The van der Waals surface area contributed by atoms with Crippen LogP contribution in [0.15, 0.2) is 24.3 Å². The third kappa shape index (κ3) is 4.99. The Morgan fingerprint density at radius 1 is 1.43 bits per heavy atom. The van der Waals surface area contributed by atoms with Gasteiger partial charge in [0.15, 0.2) is 0 Å². The molecule has 4 heteroatoms. The number of anilines is 1. The lowest BCUT2D eigenvalue weighted by Gasteiger charge is -2.00. The van der Waals surface area contributed by atoms with Crippen LogP contribution < -0.4 is 10.5 Å². The number of hydrogen-bond donors (Lipinski definition) is 2. The van der Waals surface area contributed by atoms with Gasteiger partial charge >= 0.3 is 0 Å². The monoisotopic (exact) mass is 214 g/mol. The average Bonchev–Trinajstić information content (AvgIpc) is 2.21. The van der Waals surface area contributed by atoms with E-state index in [9.17, 15) is 4.21 Å². The first-order valence-corrected chi connectivity index (χ1v) is 5.94. The summed E-state index contributed by atoms with van der Waals surface area (Å²) < 4.78 is 13.7. The number of nitrogen functional groups attached to an aromatic ring is 1. The van der Waals surface area contributed by atoms with Crippen LogP contribution in [0.25, 0.3) is 0 Å². The quantitative estimate of drug-likeness (QED) is 0.752. The van der Waals surface area contributed by atoms with Crippen molar-refractivity contribution in [2.75, 3.05) is 12.8 Å². The molecule has 0 amide bonds. The van der Waals surface area contributed by atoms with E-state index in [0.29, 0.717) is 11.4 Å². The number of nitrogens with two attached hydrogens (primary N) is 1. The van der Waals surface area contributed by atoms with Gasteiger partial charge in [0.25, 0.3) is 0 Å². The minimum Gasteiger partial charge on any atom is -0.399 e. The molecule has 0 aliphatic heterocycles. The van der Waals surface area contributed by atoms with Crippen molar-refractivity contribution in [3.63, 3.8) is 0 Å². The lowest BCUT2D eigenvalue weighted by molar-refractivity contribution is 0.677. The summed E-state index contributed by atoms with van der Waals surface area (Å²) >= 11 is 0. The highest BCUT2D eigenvalue weighted by atomic mass is 32.2. The van der Waals surface area contributed by atoms with Crippen LogP contribution in [0.4, 0.5) is 5.69 Å². The Morgan fingerprint density at radius 2 is 2.07 bits per heavy atom. The third-order valence-corrected chi connectivity index (χ3v) is 2.53. The van der Waals surface area contributed by atoms with Gasteiger partial charge in [-0.3, -0.25) is 0 Å². The smallest absolute Gasteiger partial charge is 0.0957 e. The topological polar surface area (TPSA) is 55.1 Å². The van der Waals surface area contributed by atoms with E-state index < -0.39 is 11.0 Å². The molecule has 1 unspecified atom stereocenters. The fraction of sp³-hybridized carbons (Fsp3) is 0.400. The Labute approximate surface area is 88.3 Å². The average molecular weight is 214 g/mol. The molecule has 1 aromatic rings. The molecular weight excluding hydrogens is 196 g/mol. The van der Waals surface area contributed by atoms with Crippen molar-refractivity contribution in [3.8, 4) is 0 Å². The largest absolute Gasteiger partial charge is 0.399 e. The van der Waals surface area contributed by atoms with Crippen molar-refractivity contribution in [1.29, 1.82) is 0 Å². The highest BCUT2D eigenvalue weighted by Gasteiger charge is 1.98. The zero-order chi connectivity index (χ0) is 11.0. The summed E-state index contributed by atoms with van der Waals surface area (Å²) in [5, 5.41) is 0. The van der Waals surface area contributed by atoms with Crippen molar-refractivity contribution in [3.05, 3.63) is 29.8 Å². The highest BCUT2D eigenvalue weighted by Crippen LogP contribution is 2.07. The Morgan fingerprint density at radius 3 is 2.57 bits per heavy atom. The molecule has 80 valence electrons. The zero-order valence-corrected chi connectivity index (χ0v) is 9.73. The van der Waals surface area contributed by atoms with Gasteiger partial charge in [-0.15, -0.1) is 0 Å². The van der Waals surface area contributed by atoms with Crippen LogP contribution in [-0.4, -0.2) is 11.3 Å². The lowest BCUT2D eigenvalue weighted by atomic mass is 10.2. The first-order chi connectivity index (χ1) is 6.72. The summed E-state index contributed by atoms with van der Waals surface area (Å²) in [5.74, 6) is 0.502. The lowest BCUT2D eigenvalue weighted by Crippen LogP contribution is -2.12. The molecule has 0 radical (unpaired) electrons. The van der Waals surface area contributed by atoms with Crippen LogP contribution >= 0.6 is 0 Å². The molecule has 0 aromatic heterocycles. The predicted octanol–water partition coefficient (Wildman–Crippen LogP) is 1.68. The molecule has 1 rings (SSSR count). The summed E-state index contributed by atoms with van der Waals surface area (Å²) in [6.45, 7) is 4.00.